The van der Waals surface area contributed by atoms with Crippen LogP contribution in [0.25, 0.3) is 10.6 Å². The molecular weight excluding hydrogens is 196 g/mol. The van der Waals surface area contributed by atoms with Crippen LogP contribution in [-0.4, -0.2) is 10.1 Å². The summed E-state index contributed by atoms with van der Waals surface area (Å²) in [4.78, 5) is 4.90. The van der Waals surface area contributed by atoms with Crippen LogP contribution in [0.4, 0.5) is 0 Å². The molecule has 0 radical (unpaired) electrons. The second kappa shape index (κ2) is 3.25. The molecule has 2 heterocycles. The van der Waals surface area contributed by atoms with Gasteiger partial charge < -0.3 is 4.52 Å². The summed E-state index contributed by atoms with van der Waals surface area (Å²) >= 11 is 7.08. The quantitative estimate of drug-likeness (QED) is 0.700. The van der Waals surface area contributed by atoms with Crippen molar-refractivity contribution in [3.8, 4) is 10.6 Å². The van der Waals surface area contributed by atoms with Crippen LogP contribution in [0.15, 0.2) is 22.3 Å². The molecule has 0 spiro atoms. The van der Waals surface area contributed by atoms with Gasteiger partial charge in [0.2, 0.25) is 0 Å². The minimum atomic E-state index is 0.377. The molecule has 0 N–H and O–H groups in total. The van der Waals surface area contributed by atoms with Gasteiger partial charge in [-0.15, -0.1) is 22.9 Å². The maximum absolute atomic E-state index is 5.57. The number of halogens is 1. The fraction of sp³-hybridized carbons (Fsp3) is 0.143. The van der Waals surface area contributed by atoms with Crippen LogP contribution >= 0.6 is 22.9 Å². The number of hydrogen-bond donors (Lipinski definition) is 0. The van der Waals surface area contributed by atoms with Gasteiger partial charge in [0.05, 0.1) is 22.0 Å². The number of alkyl halides is 1. The normalized spacial score (nSPS) is 10.4. The van der Waals surface area contributed by atoms with Crippen molar-refractivity contribution in [2.24, 2.45) is 0 Å². The van der Waals surface area contributed by atoms with E-state index in [2.05, 4.69) is 10.1 Å². The SMILES string of the molecule is ClCc1cc(-c2cncs2)on1. The molecule has 0 aliphatic heterocycles. The van der Waals surface area contributed by atoms with E-state index in [0.717, 1.165) is 16.3 Å². The maximum atomic E-state index is 5.57. The van der Waals surface area contributed by atoms with Crippen molar-refractivity contribution in [1.29, 1.82) is 0 Å². The van der Waals surface area contributed by atoms with Crippen molar-refractivity contribution >= 4 is 22.9 Å². The molecule has 2 aromatic rings. The van der Waals surface area contributed by atoms with E-state index in [1.165, 1.54) is 11.3 Å². The van der Waals surface area contributed by atoms with E-state index >= 15 is 0 Å². The molecule has 5 heteroatoms. The summed E-state index contributed by atoms with van der Waals surface area (Å²) < 4.78 is 5.04. The Labute approximate surface area is 78.0 Å². The lowest BCUT2D eigenvalue weighted by Gasteiger charge is -1.81. The van der Waals surface area contributed by atoms with E-state index in [0.29, 0.717) is 5.88 Å². The third-order valence-corrected chi connectivity index (χ3v) is 2.43. The molecule has 0 aromatic carbocycles. The largest absolute Gasteiger partial charge is 0.355 e. The van der Waals surface area contributed by atoms with E-state index in [1.807, 2.05) is 6.07 Å². The van der Waals surface area contributed by atoms with E-state index in [9.17, 15) is 0 Å². The molecule has 62 valence electrons. The number of nitrogens with zero attached hydrogens (tertiary/aromatic N) is 2. The van der Waals surface area contributed by atoms with Crippen LogP contribution in [0.1, 0.15) is 5.69 Å². The lowest BCUT2D eigenvalue weighted by Crippen LogP contribution is -1.70. The standard InChI is InChI=1S/C7H5ClN2OS/c8-2-5-1-6(11-10-5)7-3-9-4-12-7/h1,3-4H,2H2. The van der Waals surface area contributed by atoms with Gasteiger partial charge in [-0.05, 0) is 0 Å². The average Bonchev–Trinajstić information content (AvgIpc) is 2.75. The molecular formula is C7H5ClN2OS. The van der Waals surface area contributed by atoms with Gasteiger partial charge in [0.15, 0.2) is 5.76 Å². The molecule has 2 aromatic heterocycles. The zero-order chi connectivity index (χ0) is 8.39. The van der Waals surface area contributed by atoms with Gasteiger partial charge >= 0.3 is 0 Å². The molecule has 0 aliphatic rings. The summed E-state index contributed by atoms with van der Waals surface area (Å²) in [6.07, 6.45) is 1.74. The summed E-state index contributed by atoms with van der Waals surface area (Å²) in [5.74, 6) is 1.11. The Bertz CT molecular complexity index is 357. The number of thiazole rings is 1. The second-order valence-electron chi connectivity index (χ2n) is 2.18. The molecule has 0 saturated carbocycles. The van der Waals surface area contributed by atoms with Crippen LogP contribution in [0, 0.1) is 0 Å². The first-order valence-corrected chi connectivity index (χ1v) is 4.72. The Hall–Kier alpha value is -0.870. The van der Waals surface area contributed by atoms with E-state index in [-0.39, 0.29) is 0 Å². The van der Waals surface area contributed by atoms with Crippen LogP contribution < -0.4 is 0 Å². The molecule has 0 saturated heterocycles. The summed E-state index contributed by atoms with van der Waals surface area (Å²) in [6.45, 7) is 0. The van der Waals surface area contributed by atoms with Crippen molar-refractivity contribution in [2.45, 2.75) is 5.88 Å². The monoisotopic (exact) mass is 200 g/mol. The maximum Gasteiger partial charge on any atom is 0.178 e. The van der Waals surface area contributed by atoms with E-state index < -0.39 is 0 Å². The lowest BCUT2D eigenvalue weighted by molar-refractivity contribution is 0.427. The first kappa shape index (κ1) is 7.76. The fourth-order valence-corrected chi connectivity index (χ4v) is 1.52. The van der Waals surface area contributed by atoms with Crippen LogP contribution in [0.2, 0.25) is 0 Å². The Balaban J connectivity index is 2.35. The number of aromatic nitrogens is 2. The molecule has 2 rings (SSSR count). The van der Waals surface area contributed by atoms with Gasteiger partial charge in [-0.2, -0.15) is 0 Å². The molecule has 12 heavy (non-hydrogen) atoms. The molecule has 3 nitrogen and oxygen atoms in total. The smallest absolute Gasteiger partial charge is 0.178 e. The average molecular weight is 201 g/mol. The van der Waals surface area contributed by atoms with Gasteiger partial charge in [0, 0.05) is 12.3 Å². The summed E-state index contributed by atoms with van der Waals surface area (Å²) in [7, 11) is 0. The molecule has 0 atom stereocenters. The van der Waals surface area contributed by atoms with Crippen molar-refractivity contribution < 1.29 is 4.52 Å². The van der Waals surface area contributed by atoms with Gasteiger partial charge in [-0.25, -0.2) is 0 Å². The zero-order valence-electron chi connectivity index (χ0n) is 6.03. The van der Waals surface area contributed by atoms with Crippen LogP contribution in [-0.2, 0) is 5.88 Å². The molecule has 0 aliphatic carbocycles. The van der Waals surface area contributed by atoms with Crippen molar-refractivity contribution in [3.05, 3.63) is 23.5 Å². The first-order valence-electron chi connectivity index (χ1n) is 3.30. The highest BCUT2D eigenvalue weighted by Gasteiger charge is 2.06. The van der Waals surface area contributed by atoms with Crippen LogP contribution in [0.3, 0.4) is 0 Å². The van der Waals surface area contributed by atoms with Gasteiger partial charge in [0.1, 0.15) is 0 Å². The lowest BCUT2D eigenvalue weighted by atomic mass is 10.3. The Morgan fingerprint density at radius 3 is 3.08 bits per heavy atom. The minimum absolute atomic E-state index is 0.377. The predicted molar refractivity (Wildman–Crippen MR) is 47.2 cm³/mol. The highest BCUT2D eigenvalue weighted by molar-refractivity contribution is 7.13. The molecule has 0 bridgehead atoms. The number of rotatable bonds is 2. The molecule has 0 unspecified atom stereocenters. The Morgan fingerprint density at radius 1 is 1.58 bits per heavy atom. The Morgan fingerprint density at radius 2 is 2.50 bits per heavy atom. The molecule has 0 amide bonds. The van der Waals surface area contributed by atoms with Gasteiger partial charge in [-0.3, -0.25) is 4.98 Å². The fourth-order valence-electron chi connectivity index (χ4n) is 0.828. The summed E-state index contributed by atoms with van der Waals surface area (Å²) in [5.41, 5.74) is 2.50. The second-order valence-corrected chi connectivity index (χ2v) is 3.34. The molecule has 0 fully saturated rings. The Kier molecular flexibility index (Phi) is 2.10. The topological polar surface area (TPSA) is 38.9 Å². The third-order valence-electron chi connectivity index (χ3n) is 1.37. The van der Waals surface area contributed by atoms with Crippen molar-refractivity contribution in [3.63, 3.8) is 0 Å². The van der Waals surface area contributed by atoms with E-state index in [1.54, 1.807) is 11.7 Å². The highest BCUT2D eigenvalue weighted by atomic mass is 35.5. The zero-order valence-corrected chi connectivity index (χ0v) is 7.60. The van der Waals surface area contributed by atoms with E-state index in [4.69, 9.17) is 16.1 Å². The van der Waals surface area contributed by atoms with Crippen molar-refractivity contribution in [2.75, 3.05) is 0 Å². The third kappa shape index (κ3) is 1.35. The van der Waals surface area contributed by atoms with Crippen LogP contribution in [0.5, 0.6) is 0 Å². The van der Waals surface area contributed by atoms with Gasteiger partial charge in [0.25, 0.3) is 0 Å². The van der Waals surface area contributed by atoms with Crippen molar-refractivity contribution in [1.82, 2.24) is 10.1 Å². The minimum Gasteiger partial charge on any atom is -0.355 e. The summed E-state index contributed by atoms with van der Waals surface area (Å²) in [6, 6.07) is 1.82. The highest BCUT2D eigenvalue weighted by Crippen LogP contribution is 2.23. The summed E-state index contributed by atoms with van der Waals surface area (Å²) in [5, 5.41) is 3.76. The van der Waals surface area contributed by atoms with Gasteiger partial charge in [-0.1, -0.05) is 5.16 Å². The number of hydrogen-bond acceptors (Lipinski definition) is 4. The first-order chi connectivity index (χ1) is 5.90. The predicted octanol–water partition coefficient (Wildman–Crippen LogP) is 2.54.